The van der Waals surface area contributed by atoms with Crippen LogP contribution >= 0.6 is 0 Å². The molecule has 4 nitrogen and oxygen atoms in total. The first-order valence-electron chi connectivity index (χ1n) is 6.54. The molecule has 110 valence electrons. The molecular formula is C15H21FN2O2. The first-order valence-corrected chi connectivity index (χ1v) is 6.54. The second-order valence-corrected chi connectivity index (χ2v) is 5.62. The minimum absolute atomic E-state index is 0.0869. The van der Waals surface area contributed by atoms with Crippen molar-refractivity contribution in [3.8, 4) is 0 Å². The van der Waals surface area contributed by atoms with Crippen LogP contribution in [0.5, 0.6) is 0 Å². The Bertz CT molecular complexity index is 495. The molecule has 0 spiro atoms. The third-order valence-electron chi connectivity index (χ3n) is 2.90. The van der Waals surface area contributed by atoms with E-state index in [-0.39, 0.29) is 29.5 Å². The topological polar surface area (TPSA) is 49.4 Å². The Hall–Kier alpha value is -1.91. The van der Waals surface area contributed by atoms with Gasteiger partial charge in [0, 0.05) is 25.4 Å². The zero-order valence-electron chi connectivity index (χ0n) is 12.4. The van der Waals surface area contributed by atoms with E-state index in [1.165, 1.54) is 19.1 Å². The number of para-hydroxylation sites is 1. The van der Waals surface area contributed by atoms with Crippen LogP contribution in [0.3, 0.4) is 0 Å². The van der Waals surface area contributed by atoms with E-state index in [2.05, 4.69) is 5.32 Å². The zero-order chi connectivity index (χ0) is 15.3. The van der Waals surface area contributed by atoms with Gasteiger partial charge in [0.1, 0.15) is 5.82 Å². The maximum absolute atomic E-state index is 13.4. The van der Waals surface area contributed by atoms with E-state index in [0.717, 1.165) is 0 Å². The molecule has 1 rings (SSSR count). The van der Waals surface area contributed by atoms with Crippen LogP contribution in [0.15, 0.2) is 24.3 Å². The highest BCUT2D eigenvalue weighted by Gasteiger charge is 2.24. The fourth-order valence-electron chi connectivity index (χ4n) is 1.95. The molecule has 2 amide bonds. The molecule has 5 heteroatoms. The lowest BCUT2D eigenvalue weighted by molar-refractivity contribution is -0.134. The fourth-order valence-corrected chi connectivity index (χ4v) is 1.95. The van der Waals surface area contributed by atoms with Crippen LogP contribution in [0.2, 0.25) is 0 Å². The Balaban J connectivity index is 2.59. The van der Waals surface area contributed by atoms with Gasteiger partial charge in [0.05, 0.1) is 5.69 Å². The molecule has 0 radical (unpaired) electrons. The first kappa shape index (κ1) is 16.1. The van der Waals surface area contributed by atoms with Gasteiger partial charge in [-0.05, 0) is 32.9 Å². The summed E-state index contributed by atoms with van der Waals surface area (Å²) in [5.74, 6) is -0.873. The van der Waals surface area contributed by atoms with E-state index in [1.807, 2.05) is 20.8 Å². The standard InChI is InChI=1S/C15H21FN2O2/c1-11(19)18(15(2,3)4)10-9-14(20)17-13-8-6-5-7-12(13)16/h5-8H,9-10H2,1-4H3,(H,17,20). The molecule has 1 aromatic carbocycles. The van der Waals surface area contributed by atoms with Crippen molar-refractivity contribution in [3.63, 3.8) is 0 Å². The molecule has 0 bridgehead atoms. The van der Waals surface area contributed by atoms with Crippen molar-refractivity contribution in [3.05, 3.63) is 30.1 Å². The number of amides is 2. The molecule has 0 aliphatic carbocycles. The molecule has 0 atom stereocenters. The molecule has 0 saturated carbocycles. The Labute approximate surface area is 119 Å². The monoisotopic (exact) mass is 280 g/mol. The third-order valence-corrected chi connectivity index (χ3v) is 2.90. The predicted molar refractivity (Wildman–Crippen MR) is 76.8 cm³/mol. The summed E-state index contributed by atoms with van der Waals surface area (Å²) in [6.07, 6.45) is 0.130. The second kappa shape index (κ2) is 6.50. The Morgan fingerprint density at radius 1 is 1.25 bits per heavy atom. The molecule has 0 fully saturated rings. The molecule has 0 aromatic heterocycles. The quantitative estimate of drug-likeness (QED) is 0.922. The summed E-state index contributed by atoms with van der Waals surface area (Å²) in [6.45, 7) is 7.49. The molecule has 0 saturated heterocycles. The summed E-state index contributed by atoms with van der Waals surface area (Å²) in [7, 11) is 0. The van der Waals surface area contributed by atoms with Crippen LogP contribution in [0.25, 0.3) is 0 Å². The van der Waals surface area contributed by atoms with Crippen molar-refractivity contribution in [1.29, 1.82) is 0 Å². The van der Waals surface area contributed by atoms with Crippen LogP contribution in [-0.2, 0) is 9.59 Å². The second-order valence-electron chi connectivity index (χ2n) is 5.62. The number of rotatable bonds is 4. The van der Waals surface area contributed by atoms with Gasteiger partial charge in [-0.25, -0.2) is 4.39 Å². The van der Waals surface area contributed by atoms with E-state index < -0.39 is 5.82 Å². The summed E-state index contributed by atoms with van der Waals surface area (Å²) >= 11 is 0. The minimum Gasteiger partial charge on any atom is -0.338 e. The highest BCUT2D eigenvalue weighted by molar-refractivity contribution is 5.91. The lowest BCUT2D eigenvalue weighted by atomic mass is 10.1. The lowest BCUT2D eigenvalue weighted by Gasteiger charge is -2.34. The van der Waals surface area contributed by atoms with Gasteiger partial charge in [-0.2, -0.15) is 0 Å². The zero-order valence-corrected chi connectivity index (χ0v) is 12.4. The number of nitrogens with one attached hydrogen (secondary N) is 1. The van der Waals surface area contributed by atoms with Crippen LogP contribution in [0.4, 0.5) is 10.1 Å². The first-order chi connectivity index (χ1) is 9.21. The number of carbonyl (C=O) groups excluding carboxylic acids is 2. The van der Waals surface area contributed by atoms with Crippen molar-refractivity contribution in [1.82, 2.24) is 4.90 Å². The molecule has 1 aromatic rings. The van der Waals surface area contributed by atoms with Gasteiger partial charge in [0.15, 0.2) is 0 Å². The SMILES string of the molecule is CC(=O)N(CCC(=O)Nc1ccccc1F)C(C)(C)C. The maximum Gasteiger partial charge on any atom is 0.226 e. The van der Waals surface area contributed by atoms with E-state index in [4.69, 9.17) is 0 Å². The van der Waals surface area contributed by atoms with Crippen molar-refractivity contribution in [2.75, 3.05) is 11.9 Å². The maximum atomic E-state index is 13.4. The number of halogens is 1. The van der Waals surface area contributed by atoms with Gasteiger partial charge < -0.3 is 10.2 Å². The Morgan fingerprint density at radius 2 is 1.85 bits per heavy atom. The molecule has 1 N–H and O–H groups in total. The molecule has 0 heterocycles. The smallest absolute Gasteiger partial charge is 0.226 e. The number of anilines is 1. The number of hydrogen-bond donors (Lipinski definition) is 1. The van der Waals surface area contributed by atoms with Gasteiger partial charge in [-0.1, -0.05) is 12.1 Å². The van der Waals surface area contributed by atoms with Gasteiger partial charge in [0.2, 0.25) is 11.8 Å². The predicted octanol–water partition coefficient (Wildman–Crippen LogP) is 2.80. The minimum atomic E-state index is -0.472. The molecule has 0 aliphatic heterocycles. The van der Waals surface area contributed by atoms with Crippen LogP contribution in [-0.4, -0.2) is 28.8 Å². The normalized spacial score (nSPS) is 11.1. The largest absolute Gasteiger partial charge is 0.338 e. The van der Waals surface area contributed by atoms with E-state index in [9.17, 15) is 14.0 Å². The number of nitrogens with zero attached hydrogens (tertiary/aromatic N) is 1. The summed E-state index contributed by atoms with van der Waals surface area (Å²) in [5.41, 5.74) is -0.188. The Kier molecular flexibility index (Phi) is 5.25. The van der Waals surface area contributed by atoms with Crippen LogP contribution in [0.1, 0.15) is 34.1 Å². The lowest BCUT2D eigenvalue weighted by Crippen LogP contribution is -2.45. The molecular weight excluding hydrogens is 259 g/mol. The van der Waals surface area contributed by atoms with E-state index in [0.29, 0.717) is 6.54 Å². The summed E-state index contributed by atoms with van der Waals surface area (Å²) in [4.78, 5) is 25.0. The Morgan fingerprint density at radius 3 is 2.35 bits per heavy atom. The van der Waals surface area contributed by atoms with Gasteiger partial charge in [0.25, 0.3) is 0 Å². The van der Waals surface area contributed by atoms with E-state index >= 15 is 0 Å². The van der Waals surface area contributed by atoms with Gasteiger partial charge in [-0.3, -0.25) is 9.59 Å². The number of hydrogen-bond acceptors (Lipinski definition) is 2. The number of carbonyl (C=O) groups is 2. The highest BCUT2D eigenvalue weighted by atomic mass is 19.1. The van der Waals surface area contributed by atoms with Gasteiger partial charge in [-0.15, -0.1) is 0 Å². The summed E-state index contributed by atoms with van der Waals surface area (Å²) < 4.78 is 13.4. The third kappa shape index (κ3) is 4.64. The fraction of sp³-hybridized carbons (Fsp3) is 0.467. The van der Waals surface area contributed by atoms with Crippen LogP contribution in [0, 0.1) is 5.82 Å². The summed E-state index contributed by atoms with van der Waals surface area (Å²) in [5, 5.41) is 2.50. The van der Waals surface area contributed by atoms with Crippen LogP contribution < -0.4 is 5.32 Å². The van der Waals surface area contributed by atoms with Crippen molar-refractivity contribution >= 4 is 17.5 Å². The molecule has 20 heavy (non-hydrogen) atoms. The average Bonchev–Trinajstić information content (AvgIpc) is 2.30. The van der Waals surface area contributed by atoms with Crippen molar-refractivity contribution in [2.45, 2.75) is 39.7 Å². The highest BCUT2D eigenvalue weighted by Crippen LogP contribution is 2.15. The average molecular weight is 280 g/mol. The van der Waals surface area contributed by atoms with Crippen molar-refractivity contribution in [2.24, 2.45) is 0 Å². The summed E-state index contributed by atoms with van der Waals surface area (Å²) in [6, 6.07) is 5.99. The number of benzene rings is 1. The van der Waals surface area contributed by atoms with E-state index in [1.54, 1.807) is 17.0 Å². The van der Waals surface area contributed by atoms with Crippen molar-refractivity contribution < 1.29 is 14.0 Å². The molecule has 0 aliphatic rings. The van der Waals surface area contributed by atoms with Gasteiger partial charge >= 0.3 is 0 Å². The molecule has 0 unspecified atom stereocenters.